The molecular formula is C14H18N2O3. The standard InChI is InChI=1S/C14H18N2O3/c17-14(16-11-2-3-11)15-6-5-10-1-4-12-13(9-10)19-8-7-18-12/h1,4,9,11H,2-3,5-8H2,(H2,15,16,17). The summed E-state index contributed by atoms with van der Waals surface area (Å²) in [4.78, 5) is 11.4. The highest BCUT2D eigenvalue weighted by Crippen LogP contribution is 2.30. The van der Waals surface area contributed by atoms with E-state index in [4.69, 9.17) is 9.47 Å². The molecule has 1 aromatic rings. The zero-order valence-corrected chi connectivity index (χ0v) is 10.8. The topological polar surface area (TPSA) is 59.6 Å². The van der Waals surface area contributed by atoms with E-state index in [1.165, 1.54) is 0 Å². The minimum atomic E-state index is -0.0694. The molecule has 2 N–H and O–H groups in total. The van der Waals surface area contributed by atoms with Crippen LogP contribution in [0.4, 0.5) is 4.79 Å². The molecule has 5 heteroatoms. The number of benzene rings is 1. The molecule has 0 spiro atoms. The van der Waals surface area contributed by atoms with Crippen LogP contribution in [0.15, 0.2) is 18.2 Å². The number of carbonyl (C=O) groups excluding carboxylic acids is 1. The third kappa shape index (κ3) is 3.30. The van der Waals surface area contributed by atoms with Crippen molar-refractivity contribution >= 4 is 6.03 Å². The van der Waals surface area contributed by atoms with Crippen LogP contribution < -0.4 is 20.1 Å². The zero-order valence-electron chi connectivity index (χ0n) is 10.8. The van der Waals surface area contributed by atoms with E-state index in [-0.39, 0.29) is 6.03 Å². The fraction of sp³-hybridized carbons (Fsp3) is 0.500. The summed E-state index contributed by atoms with van der Waals surface area (Å²) in [5.74, 6) is 1.60. The normalized spacial score (nSPS) is 16.8. The summed E-state index contributed by atoms with van der Waals surface area (Å²) in [6.45, 7) is 1.83. The van der Waals surface area contributed by atoms with Crippen molar-refractivity contribution in [3.05, 3.63) is 23.8 Å². The van der Waals surface area contributed by atoms with Crippen molar-refractivity contribution in [3.63, 3.8) is 0 Å². The number of nitrogens with one attached hydrogen (secondary N) is 2. The molecule has 1 aliphatic carbocycles. The van der Waals surface area contributed by atoms with Gasteiger partial charge < -0.3 is 20.1 Å². The van der Waals surface area contributed by atoms with Gasteiger partial charge in [-0.1, -0.05) is 6.07 Å². The maximum Gasteiger partial charge on any atom is 0.315 e. The SMILES string of the molecule is O=C(NCCc1ccc2c(c1)OCCO2)NC1CC1. The van der Waals surface area contributed by atoms with Crippen molar-refractivity contribution in [2.45, 2.75) is 25.3 Å². The van der Waals surface area contributed by atoms with Gasteiger partial charge in [-0.25, -0.2) is 4.79 Å². The largest absolute Gasteiger partial charge is 0.486 e. The molecule has 5 nitrogen and oxygen atoms in total. The van der Waals surface area contributed by atoms with Crippen molar-refractivity contribution in [2.24, 2.45) is 0 Å². The van der Waals surface area contributed by atoms with Crippen LogP contribution in [-0.4, -0.2) is 31.8 Å². The lowest BCUT2D eigenvalue weighted by molar-refractivity contribution is 0.171. The number of hydrogen-bond acceptors (Lipinski definition) is 3. The highest BCUT2D eigenvalue weighted by Gasteiger charge is 2.22. The summed E-state index contributed by atoms with van der Waals surface area (Å²) < 4.78 is 11.0. The molecule has 0 atom stereocenters. The molecule has 1 fully saturated rings. The summed E-state index contributed by atoms with van der Waals surface area (Å²) in [6.07, 6.45) is 3.00. The maximum absolute atomic E-state index is 11.4. The Morgan fingerprint density at radius 2 is 2.00 bits per heavy atom. The van der Waals surface area contributed by atoms with Crippen LogP contribution in [0.1, 0.15) is 18.4 Å². The molecule has 19 heavy (non-hydrogen) atoms. The maximum atomic E-state index is 11.4. The first-order valence-electron chi connectivity index (χ1n) is 6.74. The van der Waals surface area contributed by atoms with Crippen molar-refractivity contribution in [2.75, 3.05) is 19.8 Å². The number of ether oxygens (including phenoxy) is 2. The van der Waals surface area contributed by atoms with Crippen molar-refractivity contribution in [1.82, 2.24) is 10.6 Å². The molecule has 0 unspecified atom stereocenters. The number of amides is 2. The Hall–Kier alpha value is -1.91. The molecule has 1 aliphatic heterocycles. The number of hydrogen-bond donors (Lipinski definition) is 2. The zero-order chi connectivity index (χ0) is 13.1. The molecule has 1 saturated carbocycles. The highest BCUT2D eigenvalue weighted by atomic mass is 16.6. The molecule has 2 amide bonds. The van der Waals surface area contributed by atoms with E-state index < -0.39 is 0 Å². The van der Waals surface area contributed by atoms with Crippen LogP contribution in [-0.2, 0) is 6.42 Å². The fourth-order valence-corrected chi connectivity index (χ4v) is 2.03. The Kier molecular flexibility index (Phi) is 3.44. The first-order valence-corrected chi connectivity index (χ1v) is 6.74. The smallest absolute Gasteiger partial charge is 0.315 e. The summed E-state index contributed by atoms with van der Waals surface area (Å²) in [7, 11) is 0. The lowest BCUT2D eigenvalue weighted by Crippen LogP contribution is -2.37. The van der Waals surface area contributed by atoms with Gasteiger partial charge in [0.15, 0.2) is 11.5 Å². The second-order valence-electron chi connectivity index (χ2n) is 4.90. The molecule has 1 aromatic carbocycles. The predicted molar refractivity (Wildman–Crippen MR) is 70.7 cm³/mol. The summed E-state index contributed by atoms with van der Waals surface area (Å²) >= 11 is 0. The Balaban J connectivity index is 1.47. The lowest BCUT2D eigenvalue weighted by atomic mass is 10.1. The Morgan fingerprint density at radius 3 is 2.79 bits per heavy atom. The Morgan fingerprint density at radius 1 is 1.21 bits per heavy atom. The van der Waals surface area contributed by atoms with Crippen molar-refractivity contribution in [1.29, 1.82) is 0 Å². The van der Waals surface area contributed by atoms with Gasteiger partial charge in [0.2, 0.25) is 0 Å². The molecule has 0 bridgehead atoms. The summed E-state index contributed by atoms with van der Waals surface area (Å²) in [5, 5.41) is 5.76. The average molecular weight is 262 g/mol. The Labute approximate surface area is 112 Å². The van der Waals surface area contributed by atoms with Crippen LogP contribution >= 0.6 is 0 Å². The summed E-state index contributed by atoms with van der Waals surface area (Å²) in [5.41, 5.74) is 1.14. The van der Waals surface area contributed by atoms with Gasteiger partial charge >= 0.3 is 6.03 Å². The van der Waals surface area contributed by atoms with Gasteiger partial charge in [0, 0.05) is 12.6 Å². The third-order valence-corrected chi connectivity index (χ3v) is 3.22. The highest BCUT2D eigenvalue weighted by molar-refractivity contribution is 5.74. The molecule has 1 heterocycles. The molecule has 3 rings (SSSR count). The van der Waals surface area contributed by atoms with Gasteiger partial charge in [-0.3, -0.25) is 0 Å². The van der Waals surface area contributed by atoms with Crippen LogP contribution in [0, 0.1) is 0 Å². The number of fused-ring (bicyclic) bond motifs is 1. The molecular weight excluding hydrogens is 244 g/mol. The van der Waals surface area contributed by atoms with E-state index in [1.54, 1.807) is 0 Å². The monoisotopic (exact) mass is 262 g/mol. The first kappa shape index (κ1) is 12.1. The van der Waals surface area contributed by atoms with Crippen LogP contribution in [0.2, 0.25) is 0 Å². The second-order valence-corrected chi connectivity index (χ2v) is 4.90. The number of carbonyl (C=O) groups is 1. The first-order chi connectivity index (χ1) is 9.31. The van der Waals surface area contributed by atoms with Gasteiger partial charge in [0.05, 0.1) is 0 Å². The van der Waals surface area contributed by atoms with E-state index in [9.17, 15) is 4.79 Å². The number of urea groups is 1. The molecule has 0 aromatic heterocycles. The average Bonchev–Trinajstić information content (AvgIpc) is 3.22. The van der Waals surface area contributed by atoms with Crippen molar-refractivity contribution in [3.8, 4) is 11.5 Å². The quantitative estimate of drug-likeness (QED) is 0.863. The van der Waals surface area contributed by atoms with Gasteiger partial charge in [-0.2, -0.15) is 0 Å². The van der Waals surface area contributed by atoms with E-state index in [0.29, 0.717) is 25.8 Å². The molecule has 0 radical (unpaired) electrons. The lowest BCUT2D eigenvalue weighted by Gasteiger charge is -2.18. The predicted octanol–water partition coefficient (Wildman–Crippen LogP) is 1.46. The van der Waals surface area contributed by atoms with Gasteiger partial charge in [-0.05, 0) is 37.0 Å². The number of rotatable bonds is 4. The minimum Gasteiger partial charge on any atom is -0.486 e. The molecule has 0 saturated heterocycles. The van der Waals surface area contributed by atoms with Crippen LogP contribution in [0.25, 0.3) is 0 Å². The summed E-state index contributed by atoms with van der Waals surface area (Å²) in [6, 6.07) is 6.24. The van der Waals surface area contributed by atoms with Crippen LogP contribution in [0.5, 0.6) is 11.5 Å². The molecule has 102 valence electrons. The third-order valence-electron chi connectivity index (χ3n) is 3.22. The van der Waals surface area contributed by atoms with Crippen molar-refractivity contribution < 1.29 is 14.3 Å². The van der Waals surface area contributed by atoms with Gasteiger partial charge in [0.1, 0.15) is 13.2 Å². The Bertz CT molecular complexity index is 472. The van der Waals surface area contributed by atoms with Gasteiger partial charge in [-0.15, -0.1) is 0 Å². The van der Waals surface area contributed by atoms with E-state index >= 15 is 0 Å². The van der Waals surface area contributed by atoms with E-state index in [0.717, 1.165) is 36.3 Å². The second kappa shape index (κ2) is 5.38. The van der Waals surface area contributed by atoms with Crippen LogP contribution in [0.3, 0.4) is 0 Å². The van der Waals surface area contributed by atoms with E-state index in [2.05, 4.69) is 10.6 Å². The molecule has 2 aliphatic rings. The van der Waals surface area contributed by atoms with E-state index in [1.807, 2.05) is 18.2 Å². The fourth-order valence-electron chi connectivity index (χ4n) is 2.03. The van der Waals surface area contributed by atoms with Gasteiger partial charge in [0.25, 0.3) is 0 Å². The minimum absolute atomic E-state index is 0.0694.